The third-order valence-corrected chi connectivity index (χ3v) is 8.00. The maximum atomic E-state index is 12.9. The summed E-state index contributed by atoms with van der Waals surface area (Å²) in [5.41, 5.74) is 0.474. The van der Waals surface area contributed by atoms with E-state index in [2.05, 4.69) is 5.32 Å². The molecule has 2 heterocycles. The third-order valence-electron chi connectivity index (χ3n) is 5.14. The summed E-state index contributed by atoms with van der Waals surface area (Å²) in [5.74, 6) is -0.201. The first-order valence-corrected chi connectivity index (χ1v) is 11.7. The van der Waals surface area contributed by atoms with Gasteiger partial charge >= 0.3 is 0 Å². The number of carbonyl (C=O) groups is 1. The van der Waals surface area contributed by atoms with E-state index in [4.69, 9.17) is 23.2 Å². The normalized spacial score (nSPS) is 20.6. The van der Waals surface area contributed by atoms with Crippen LogP contribution in [-0.2, 0) is 15.0 Å². The van der Waals surface area contributed by atoms with Crippen LogP contribution in [0, 0.1) is 0 Å². The lowest BCUT2D eigenvalue weighted by molar-refractivity contribution is -0.117. The molecule has 0 atom stereocenters. The van der Waals surface area contributed by atoms with Crippen LogP contribution in [0.25, 0.3) is 0 Å². The standard InChI is InChI=1S/C18H26Cl2N4O3S/c19-15-6-5-7-16(18(15)20)21-17(25)14-22-10-12-24(13-11-22)28(26,27)23-8-3-1-2-4-9-23/h5-7H,1-4,8-14H2,(H,21,25). The number of benzene rings is 1. The Morgan fingerprint density at radius 3 is 2.18 bits per heavy atom. The van der Waals surface area contributed by atoms with E-state index in [1.165, 1.54) is 0 Å². The summed E-state index contributed by atoms with van der Waals surface area (Å²) in [4.78, 5) is 14.3. The van der Waals surface area contributed by atoms with Gasteiger partial charge in [-0.1, -0.05) is 42.1 Å². The molecule has 0 radical (unpaired) electrons. The fraction of sp³-hybridized carbons (Fsp3) is 0.611. The van der Waals surface area contributed by atoms with Crippen LogP contribution in [-0.4, -0.2) is 73.6 Å². The molecule has 0 aliphatic carbocycles. The summed E-state index contributed by atoms with van der Waals surface area (Å²) in [6, 6.07) is 5.07. The van der Waals surface area contributed by atoms with Crippen molar-refractivity contribution in [2.24, 2.45) is 0 Å². The number of carbonyl (C=O) groups excluding carboxylic acids is 1. The minimum Gasteiger partial charge on any atom is -0.324 e. The molecule has 7 nitrogen and oxygen atoms in total. The Kier molecular flexibility index (Phi) is 7.58. The quantitative estimate of drug-likeness (QED) is 0.751. The first kappa shape index (κ1) is 21.8. The van der Waals surface area contributed by atoms with Gasteiger partial charge in [0.2, 0.25) is 5.91 Å². The summed E-state index contributed by atoms with van der Waals surface area (Å²) in [6.07, 6.45) is 4.02. The lowest BCUT2D eigenvalue weighted by Crippen LogP contribution is -2.54. The van der Waals surface area contributed by atoms with Crippen molar-refractivity contribution in [3.05, 3.63) is 28.2 Å². The van der Waals surface area contributed by atoms with Crippen LogP contribution >= 0.6 is 23.2 Å². The smallest absolute Gasteiger partial charge is 0.282 e. The van der Waals surface area contributed by atoms with Crippen LogP contribution < -0.4 is 5.32 Å². The van der Waals surface area contributed by atoms with E-state index in [-0.39, 0.29) is 12.5 Å². The molecule has 2 aliphatic rings. The fourth-order valence-corrected chi connectivity index (χ4v) is 5.57. The molecule has 28 heavy (non-hydrogen) atoms. The number of piperazine rings is 1. The van der Waals surface area contributed by atoms with Crippen molar-refractivity contribution in [2.45, 2.75) is 25.7 Å². The van der Waals surface area contributed by atoms with Gasteiger partial charge in [-0.05, 0) is 25.0 Å². The summed E-state index contributed by atoms with van der Waals surface area (Å²) < 4.78 is 28.9. The van der Waals surface area contributed by atoms with E-state index in [1.807, 2.05) is 4.90 Å². The second kappa shape index (κ2) is 9.73. The Balaban J connectivity index is 1.51. The molecule has 0 aromatic heterocycles. The molecule has 3 rings (SSSR count). The minimum absolute atomic E-state index is 0.181. The molecule has 2 fully saturated rings. The second-order valence-electron chi connectivity index (χ2n) is 7.15. The van der Waals surface area contributed by atoms with Crippen molar-refractivity contribution in [3.63, 3.8) is 0 Å². The Morgan fingerprint density at radius 1 is 0.929 bits per heavy atom. The zero-order chi connectivity index (χ0) is 20.1. The molecule has 1 aromatic carbocycles. The van der Waals surface area contributed by atoms with Crippen molar-refractivity contribution < 1.29 is 13.2 Å². The largest absolute Gasteiger partial charge is 0.324 e. The fourth-order valence-electron chi connectivity index (χ4n) is 3.55. The van der Waals surface area contributed by atoms with E-state index in [0.29, 0.717) is 55.0 Å². The lowest BCUT2D eigenvalue weighted by atomic mass is 10.2. The zero-order valence-electron chi connectivity index (χ0n) is 15.7. The molecule has 10 heteroatoms. The first-order valence-electron chi connectivity index (χ1n) is 9.59. The molecule has 1 amide bonds. The molecule has 0 spiro atoms. The molecule has 2 aliphatic heterocycles. The van der Waals surface area contributed by atoms with Gasteiger partial charge in [-0.2, -0.15) is 17.0 Å². The van der Waals surface area contributed by atoms with Gasteiger partial charge in [-0.3, -0.25) is 9.69 Å². The van der Waals surface area contributed by atoms with Crippen molar-refractivity contribution in [1.29, 1.82) is 0 Å². The van der Waals surface area contributed by atoms with Gasteiger partial charge in [0, 0.05) is 39.3 Å². The predicted octanol–water partition coefficient (Wildman–Crippen LogP) is 2.67. The van der Waals surface area contributed by atoms with Crippen LogP contribution in [0.3, 0.4) is 0 Å². The van der Waals surface area contributed by atoms with Gasteiger partial charge in [-0.15, -0.1) is 0 Å². The van der Waals surface area contributed by atoms with E-state index in [1.54, 1.807) is 26.8 Å². The Morgan fingerprint density at radius 2 is 1.54 bits per heavy atom. The lowest BCUT2D eigenvalue weighted by Gasteiger charge is -2.36. The molecule has 1 aromatic rings. The molecule has 0 saturated carbocycles. The Hall–Kier alpha value is -0.900. The predicted molar refractivity (Wildman–Crippen MR) is 112 cm³/mol. The van der Waals surface area contributed by atoms with Gasteiger partial charge in [0.15, 0.2) is 0 Å². The molecule has 0 unspecified atom stereocenters. The summed E-state index contributed by atoms with van der Waals surface area (Å²) in [7, 11) is -3.41. The number of anilines is 1. The van der Waals surface area contributed by atoms with E-state index in [9.17, 15) is 13.2 Å². The highest BCUT2D eigenvalue weighted by molar-refractivity contribution is 7.86. The Bertz CT molecular complexity index is 790. The van der Waals surface area contributed by atoms with Gasteiger partial charge in [-0.25, -0.2) is 0 Å². The average molecular weight is 449 g/mol. The van der Waals surface area contributed by atoms with Crippen LogP contribution in [0.1, 0.15) is 25.7 Å². The summed E-state index contributed by atoms with van der Waals surface area (Å²) in [5, 5.41) is 3.45. The number of nitrogens with one attached hydrogen (secondary N) is 1. The number of nitrogens with zero attached hydrogens (tertiary/aromatic N) is 3. The first-order chi connectivity index (χ1) is 13.4. The maximum absolute atomic E-state index is 12.9. The zero-order valence-corrected chi connectivity index (χ0v) is 18.1. The molecule has 2 saturated heterocycles. The SMILES string of the molecule is O=C(CN1CCN(S(=O)(=O)N2CCCCCC2)CC1)Nc1cccc(Cl)c1Cl. The maximum Gasteiger partial charge on any atom is 0.282 e. The summed E-state index contributed by atoms with van der Waals surface area (Å²) >= 11 is 12.1. The Labute approximate surface area is 176 Å². The van der Waals surface area contributed by atoms with Gasteiger partial charge in [0.25, 0.3) is 10.2 Å². The highest BCUT2D eigenvalue weighted by Crippen LogP contribution is 2.29. The number of hydrogen-bond acceptors (Lipinski definition) is 4. The highest BCUT2D eigenvalue weighted by Gasteiger charge is 2.32. The van der Waals surface area contributed by atoms with Crippen LogP contribution in [0.5, 0.6) is 0 Å². The molecule has 1 N–H and O–H groups in total. The molecule has 0 bridgehead atoms. The van der Waals surface area contributed by atoms with Gasteiger partial charge < -0.3 is 5.32 Å². The van der Waals surface area contributed by atoms with E-state index in [0.717, 1.165) is 25.7 Å². The van der Waals surface area contributed by atoms with E-state index >= 15 is 0 Å². The molecular weight excluding hydrogens is 423 g/mol. The number of halogens is 2. The van der Waals surface area contributed by atoms with Crippen molar-refractivity contribution in [2.75, 3.05) is 51.1 Å². The molecule has 156 valence electrons. The van der Waals surface area contributed by atoms with Crippen LogP contribution in [0.4, 0.5) is 5.69 Å². The second-order valence-corrected chi connectivity index (χ2v) is 9.86. The number of rotatable bonds is 5. The van der Waals surface area contributed by atoms with Crippen molar-refractivity contribution in [1.82, 2.24) is 13.5 Å². The monoisotopic (exact) mass is 448 g/mol. The van der Waals surface area contributed by atoms with Gasteiger partial charge in [0.05, 0.1) is 22.3 Å². The average Bonchev–Trinajstić information content (AvgIpc) is 2.96. The minimum atomic E-state index is -3.41. The number of amides is 1. The van der Waals surface area contributed by atoms with Crippen LogP contribution in [0.15, 0.2) is 18.2 Å². The van der Waals surface area contributed by atoms with Crippen molar-refractivity contribution in [3.8, 4) is 0 Å². The van der Waals surface area contributed by atoms with Crippen molar-refractivity contribution >= 4 is 45.0 Å². The third kappa shape index (κ3) is 5.37. The molecular formula is C18H26Cl2N4O3S. The highest BCUT2D eigenvalue weighted by atomic mass is 35.5. The van der Waals surface area contributed by atoms with Crippen LogP contribution in [0.2, 0.25) is 10.0 Å². The summed E-state index contributed by atoms with van der Waals surface area (Å²) in [6.45, 7) is 3.21. The van der Waals surface area contributed by atoms with E-state index < -0.39 is 10.2 Å². The van der Waals surface area contributed by atoms with Gasteiger partial charge in [0.1, 0.15) is 0 Å². The number of hydrogen-bond donors (Lipinski definition) is 1. The topological polar surface area (TPSA) is 73.0 Å².